The minimum atomic E-state index is 0.419. The molecule has 0 fully saturated rings. The van der Waals surface area contributed by atoms with Crippen LogP contribution in [0.15, 0.2) is 65.1 Å². The van der Waals surface area contributed by atoms with Crippen molar-refractivity contribution < 1.29 is 4.42 Å². The highest BCUT2D eigenvalue weighted by Gasteiger charge is 2.17. The predicted molar refractivity (Wildman–Crippen MR) is 84.1 cm³/mol. The molecule has 4 rings (SSSR count). The van der Waals surface area contributed by atoms with Crippen LogP contribution in [-0.4, -0.2) is 0 Å². The maximum Gasteiger partial charge on any atom is 0.139 e. The van der Waals surface area contributed by atoms with Gasteiger partial charge in [0.25, 0.3) is 0 Å². The molecule has 1 aliphatic rings. The Balaban J connectivity index is 2.04. The lowest BCUT2D eigenvalue weighted by atomic mass is 9.90. The van der Waals surface area contributed by atoms with Crippen molar-refractivity contribution in [2.45, 2.75) is 19.3 Å². The first-order valence-corrected chi connectivity index (χ1v) is 7.08. The maximum absolute atomic E-state index is 6.13. The number of hydrogen-bond acceptors (Lipinski definition) is 1. The number of benzene rings is 2. The summed E-state index contributed by atoms with van der Waals surface area (Å²) in [7, 11) is 0. The standard InChI is InChI=1S/C19H16O/c1-13-11-16(14-7-3-2-4-8-14)19-17(12-13)15-9-5-6-10-18(15)20-19/h2-7,9-12,14H,8H2,1H3. The molecule has 98 valence electrons. The summed E-state index contributed by atoms with van der Waals surface area (Å²) in [5.74, 6) is 0.419. The van der Waals surface area contributed by atoms with Crippen molar-refractivity contribution in [2.75, 3.05) is 0 Å². The third kappa shape index (κ3) is 1.70. The van der Waals surface area contributed by atoms with Crippen molar-refractivity contribution >= 4 is 21.9 Å². The highest BCUT2D eigenvalue weighted by atomic mass is 16.3. The van der Waals surface area contributed by atoms with Crippen molar-refractivity contribution in [1.82, 2.24) is 0 Å². The fourth-order valence-corrected chi connectivity index (χ4v) is 3.09. The summed E-state index contributed by atoms with van der Waals surface area (Å²) in [5.41, 5.74) is 4.62. The number of furan rings is 1. The zero-order chi connectivity index (χ0) is 13.5. The van der Waals surface area contributed by atoms with Crippen LogP contribution >= 0.6 is 0 Å². The molecule has 0 spiro atoms. The van der Waals surface area contributed by atoms with Gasteiger partial charge < -0.3 is 4.42 Å². The number of fused-ring (bicyclic) bond motifs is 3. The third-order valence-electron chi connectivity index (χ3n) is 4.03. The lowest BCUT2D eigenvalue weighted by molar-refractivity contribution is 0.657. The van der Waals surface area contributed by atoms with Gasteiger partial charge >= 0.3 is 0 Å². The van der Waals surface area contributed by atoms with Crippen LogP contribution in [0.5, 0.6) is 0 Å². The second-order valence-electron chi connectivity index (χ2n) is 5.48. The molecule has 0 radical (unpaired) electrons. The number of aryl methyl sites for hydroxylation is 1. The average molecular weight is 260 g/mol. The SMILES string of the molecule is Cc1cc(C2C=CC=CC2)c2oc3ccccc3c2c1. The van der Waals surface area contributed by atoms with E-state index in [0.29, 0.717) is 5.92 Å². The number of rotatable bonds is 1. The number of hydrogen-bond donors (Lipinski definition) is 0. The molecule has 0 aliphatic heterocycles. The molecular weight excluding hydrogens is 244 g/mol. The van der Waals surface area contributed by atoms with Gasteiger partial charge in [-0.1, -0.05) is 48.6 Å². The quantitative estimate of drug-likeness (QED) is 0.563. The summed E-state index contributed by atoms with van der Waals surface area (Å²) >= 11 is 0. The molecule has 1 atom stereocenters. The van der Waals surface area contributed by atoms with Gasteiger partial charge in [-0.2, -0.15) is 0 Å². The van der Waals surface area contributed by atoms with Gasteiger partial charge in [0.15, 0.2) is 0 Å². The maximum atomic E-state index is 6.13. The van der Waals surface area contributed by atoms with Crippen molar-refractivity contribution in [3.63, 3.8) is 0 Å². The van der Waals surface area contributed by atoms with E-state index in [2.05, 4.69) is 55.5 Å². The zero-order valence-corrected chi connectivity index (χ0v) is 11.5. The Hall–Kier alpha value is -2.28. The van der Waals surface area contributed by atoms with E-state index in [-0.39, 0.29) is 0 Å². The lowest BCUT2D eigenvalue weighted by Crippen LogP contribution is -1.97. The Labute approximate surface area is 118 Å². The molecule has 3 aromatic rings. The summed E-state index contributed by atoms with van der Waals surface area (Å²) in [5, 5.41) is 2.45. The predicted octanol–water partition coefficient (Wildman–Crippen LogP) is 5.49. The van der Waals surface area contributed by atoms with Crippen LogP contribution in [0.3, 0.4) is 0 Å². The first-order chi connectivity index (χ1) is 9.83. The fourth-order valence-electron chi connectivity index (χ4n) is 3.09. The molecule has 1 unspecified atom stereocenters. The summed E-state index contributed by atoms with van der Waals surface area (Å²) in [4.78, 5) is 0. The van der Waals surface area contributed by atoms with Gasteiger partial charge in [-0.15, -0.1) is 0 Å². The Bertz CT molecular complexity index is 849. The molecule has 0 saturated carbocycles. The Morgan fingerprint density at radius 2 is 1.95 bits per heavy atom. The van der Waals surface area contributed by atoms with Gasteiger partial charge in [-0.25, -0.2) is 0 Å². The van der Waals surface area contributed by atoms with Gasteiger partial charge in [0, 0.05) is 22.3 Å². The molecule has 0 N–H and O–H groups in total. The van der Waals surface area contributed by atoms with E-state index in [1.54, 1.807) is 0 Å². The molecule has 1 heteroatoms. The molecule has 1 aromatic heterocycles. The largest absolute Gasteiger partial charge is 0.456 e. The minimum Gasteiger partial charge on any atom is -0.456 e. The van der Waals surface area contributed by atoms with Crippen LogP contribution in [0.2, 0.25) is 0 Å². The summed E-state index contributed by atoms with van der Waals surface area (Å²) in [6.45, 7) is 2.16. The fraction of sp³-hybridized carbons (Fsp3) is 0.158. The molecule has 0 amide bonds. The molecule has 0 bridgehead atoms. The van der Waals surface area contributed by atoms with E-state index in [9.17, 15) is 0 Å². The van der Waals surface area contributed by atoms with E-state index in [1.165, 1.54) is 21.9 Å². The summed E-state index contributed by atoms with van der Waals surface area (Å²) in [6, 6.07) is 12.8. The summed E-state index contributed by atoms with van der Waals surface area (Å²) < 4.78 is 6.13. The molecule has 20 heavy (non-hydrogen) atoms. The second-order valence-corrected chi connectivity index (χ2v) is 5.48. The molecule has 1 heterocycles. The topological polar surface area (TPSA) is 13.1 Å². The molecule has 1 aliphatic carbocycles. The Kier molecular flexibility index (Phi) is 2.53. The number of allylic oxidation sites excluding steroid dienone is 4. The van der Waals surface area contributed by atoms with E-state index < -0.39 is 0 Å². The van der Waals surface area contributed by atoms with Crippen LogP contribution < -0.4 is 0 Å². The molecule has 1 nitrogen and oxygen atoms in total. The average Bonchev–Trinajstić information content (AvgIpc) is 2.86. The highest BCUT2D eigenvalue weighted by Crippen LogP contribution is 2.37. The van der Waals surface area contributed by atoms with Crippen molar-refractivity contribution in [3.8, 4) is 0 Å². The lowest BCUT2D eigenvalue weighted by Gasteiger charge is -2.14. The molecule has 2 aromatic carbocycles. The first kappa shape index (κ1) is 11.5. The van der Waals surface area contributed by atoms with Crippen molar-refractivity contribution in [1.29, 1.82) is 0 Å². The smallest absolute Gasteiger partial charge is 0.139 e. The summed E-state index contributed by atoms with van der Waals surface area (Å²) in [6.07, 6.45) is 9.78. The van der Waals surface area contributed by atoms with Crippen molar-refractivity contribution in [2.24, 2.45) is 0 Å². The van der Waals surface area contributed by atoms with Crippen LogP contribution in [0, 0.1) is 6.92 Å². The van der Waals surface area contributed by atoms with Gasteiger partial charge in [-0.05, 0) is 31.0 Å². The van der Waals surface area contributed by atoms with E-state index >= 15 is 0 Å². The van der Waals surface area contributed by atoms with Crippen LogP contribution in [0.1, 0.15) is 23.5 Å². The zero-order valence-electron chi connectivity index (χ0n) is 11.5. The van der Waals surface area contributed by atoms with E-state index in [4.69, 9.17) is 4.42 Å². The number of para-hydroxylation sites is 1. The van der Waals surface area contributed by atoms with E-state index in [0.717, 1.165) is 17.6 Å². The normalized spacial score (nSPS) is 18.1. The Morgan fingerprint density at radius 3 is 2.80 bits per heavy atom. The van der Waals surface area contributed by atoms with Gasteiger partial charge in [0.1, 0.15) is 11.2 Å². The monoisotopic (exact) mass is 260 g/mol. The Morgan fingerprint density at radius 1 is 1.05 bits per heavy atom. The van der Waals surface area contributed by atoms with Crippen LogP contribution in [0.25, 0.3) is 21.9 Å². The molecular formula is C19H16O. The van der Waals surface area contributed by atoms with Crippen LogP contribution in [0.4, 0.5) is 0 Å². The molecule has 0 saturated heterocycles. The van der Waals surface area contributed by atoms with Gasteiger partial charge in [0.2, 0.25) is 0 Å². The van der Waals surface area contributed by atoms with E-state index in [1.807, 2.05) is 12.1 Å². The highest BCUT2D eigenvalue weighted by molar-refractivity contribution is 6.06. The van der Waals surface area contributed by atoms with Gasteiger partial charge in [-0.3, -0.25) is 0 Å². The van der Waals surface area contributed by atoms with Crippen LogP contribution in [-0.2, 0) is 0 Å². The van der Waals surface area contributed by atoms with Crippen molar-refractivity contribution in [3.05, 3.63) is 71.8 Å². The minimum absolute atomic E-state index is 0.419. The third-order valence-corrected chi connectivity index (χ3v) is 4.03. The first-order valence-electron chi connectivity index (χ1n) is 7.08. The second kappa shape index (κ2) is 4.38. The van der Waals surface area contributed by atoms with Gasteiger partial charge in [0.05, 0.1) is 0 Å².